The number of benzene rings is 3. The molecule has 0 unspecified atom stereocenters. The van der Waals surface area contributed by atoms with Crippen LogP contribution >= 0.6 is 15.9 Å². The zero-order valence-corrected chi connectivity index (χ0v) is 23.5. The number of carbonyl (C=O) groups is 2. The summed E-state index contributed by atoms with van der Waals surface area (Å²) in [6, 6.07) is 15.8. The Bertz CT molecular complexity index is 1360. The highest BCUT2D eigenvalue weighted by Crippen LogP contribution is 2.36. The van der Waals surface area contributed by atoms with Gasteiger partial charge in [-0.25, -0.2) is 5.43 Å². The van der Waals surface area contributed by atoms with E-state index in [1.54, 1.807) is 42.5 Å². The molecule has 0 aromatic heterocycles. The molecule has 0 fully saturated rings. The van der Waals surface area contributed by atoms with Gasteiger partial charge in [-0.15, -0.1) is 0 Å². The third-order valence-corrected chi connectivity index (χ3v) is 5.73. The molecule has 0 saturated carbocycles. The van der Waals surface area contributed by atoms with Gasteiger partial charge in [0, 0.05) is 11.3 Å². The van der Waals surface area contributed by atoms with Crippen molar-refractivity contribution in [3.05, 3.63) is 88.4 Å². The Labute approximate surface area is 235 Å². The largest absolute Gasteiger partial charge is 0.493 e. The highest BCUT2D eigenvalue weighted by atomic mass is 79.9. The zero-order valence-electron chi connectivity index (χ0n) is 22.0. The van der Waals surface area contributed by atoms with Crippen molar-refractivity contribution in [1.29, 1.82) is 0 Å². The van der Waals surface area contributed by atoms with E-state index in [4.69, 9.17) is 18.9 Å². The van der Waals surface area contributed by atoms with E-state index in [9.17, 15) is 9.59 Å². The summed E-state index contributed by atoms with van der Waals surface area (Å²) in [4.78, 5) is 25.0. The number of carbonyl (C=O) groups excluding carboxylic acids is 2. The van der Waals surface area contributed by atoms with Gasteiger partial charge in [0.2, 0.25) is 0 Å². The van der Waals surface area contributed by atoms with Crippen LogP contribution in [0.15, 0.2) is 76.8 Å². The molecule has 2 amide bonds. The fourth-order valence-electron chi connectivity index (χ4n) is 3.43. The minimum Gasteiger partial charge on any atom is -0.493 e. The Morgan fingerprint density at radius 1 is 1.03 bits per heavy atom. The maximum absolute atomic E-state index is 12.6. The van der Waals surface area contributed by atoms with Crippen molar-refractivity contribution in [2.24, 2.45) is 5.10 Å². The topological polar surface area (TPSA) is 107 Å². The summed E-state index contributed by atoms with van der Waals surface area (Å²) in [7, 11) is 1.49. The molecule has 204 valence electrons. The molecule has 3 aromatic rings. The van der Waals surface area contributed by atoms with Gasteiger partial charge in [-0.1, -0.05) is 24.8 Å². The summed E-state index contributed by atoms with van der Waals surface area (Å²) in [5.41, 5.74) is 5.20. The molecule has 0 aliphatic carbocycles. The molecule has 0 bridgehead atoms. The molecule has 3 aromatic carbocycles. The van der Waals surface area contributed by atoms with Crippen LogP contribution in [0.3, 0.4) is 0 Å². The van der Waals surface area contributed by atoms with E-state index in [1.807, 2.05) is 32.0 Å². The molecule has 0 spiro atoms. The van der Waals surface area contributed by atoms with E-state index in [2.05, 4.69) is 38.4 Å². The number of nitrogens with zero attached hydrogens (tertiary/aromatic N) is 1. The summed E-state index contributed by atoms with van der Waals surface area (Å²) in [6.07, 6.45) is 3.09. The molecule has 2 N–H and O–H groups in total. The first kappa shape index (κ1) is 29.2. The normalized spacial score (nSPS) is 10.6. The smallest absolute Gasteiger partial charge is 0.271 e. The van der Waals surface area contributed by atoms with E-state index in [1.165, 1.54) is 13.3 Å². The van der Waals surface area contributed by atoms with Gasteiger partial charge in [0.25, 0.3) is 11.8 Å². The lowest BCUT2D eigenvalue weighted by molar-refractivity contribution is -0.118. The van der Waals surface area contributed by atoms with Crippen LogP contribution < -0.4 is 29.7 Å². The molecule has 3 rings (SSSR count). The number of hydrogen-bond acceptors (Lipinski definition) is 7. The Kier molecular flexibility index (Phi) is 10.9. The van der Waals surface area contributed by atoms with Crippen LogP contribution in [0.5, 0.6) is 23.0 Å². The molecular weight excluding hydrogens is 566 g/mol. The lowest BCUT2D eigenvalue weighted by Gasteiger charge is -2.13. The van der Waals surface area contributed by atoms with Crippen molar-refractivity contribution in [3.8, 4) is 23.0 Å². The van der Waals surface area contributed by atoms with E-state index in [0.29, 0.717) is 57.5 Å². The monoisotopic (exact) mass is 595 g/mol. The van der Waals surface area contributed by atoms with Crippen LogP contribution in [0.4, 0.5) is 5.69 Å². The molecular formula is C29H30BrN3O6. The number of nitrogens with one attached hydrogen (secondary N) is 2. The van der Waals surface area contributed by atoms with Crippen LogP contribution in [0, 0.1) is 6.92 Å². The highest BCUT2D eigenvalue weighted by molar-refractivity contribution is 9.10. The fraction of sp³-hybridized carbons (Fsp3) is 0.207. The first-order valence-electron chi connectivity index (χ1n) is 12.0. The van der Waals surface area contributed by atoms with Crippen molar-refractivity contribution in [2.75, 3.05) is 32.2 Å². The molecule has 0 aliphatic heterocycles. The first-order chi connectivity index (χ1) is 18.8. The minimum absolute atomic E-state index is 0.215. The quantitative estimate of drug-likeness (QED) is 0.153. The standard InChI is InChI=1S/C29H30BrN3O6/c1-5-12-38-24-11-10-21(16-25(24)37-6-2)29(35)33-31-17-20-14-23(30)28(26(15-20)36-4)39-18-27(34)32-22-9-7-8-19(3)13-22/h5,7-11,13-17H,1,6,12,18H2,2-4H3,(H,32,34)(H,33,35)/b31-17+. The molecule has 0 saturated heterocycles. The summed E-state index contributed by atoms with van der Waals surface area (Å²) < 4.78 is 22.9. The van der Waals surface area contributed by atoms with Gasteiger partial charge in [0.1, 0.15) is 6.61 Å². The summed E-state index contributed by atoms with van der Waals surface area (Å²) in [5.74, 6) is 0.984. The lowest BCUT2D eigenvalue weighted by atomic mass is 10.2. The first-order valence-corrected chi connectivity index (χ1v) is 12.8. The van der Waals surface area contributed by atoms with E-state index in [-0.39, 0.29) is 12.5 Å². The number of anilines is 1. The van der Waals surface area contributed by atoms with Crippen molar-refractivity contribution < 1.29 is 28.5 Å². The van der Waals surface area contributed by atoms with Crippen LogP contribution in [-0.2, 0) is 4.79 Å². The van der Waals surface area contributed by atoms with Gasteiger partial charge >= 0.3 is 0 Å². The van der Waals surface area contributed by atoms with Gasteiger partial charge < -0.3 is 24.3 Å². The van der Waals surface area contributed by atoms with Gasteiger partial charge in [0.15, 0.2) is 29.6 Å². The van der Waals surface area contributed by atoms with Gasteiger partial charge in [-0.2, -0.15) is 5.10 Å². The van der Waals surface area contributed by atoms with Gasteiger partial charge in [0.05, 0.1) is 24.4 Å². The van der Waals surface area contributed by atoms with Gasteiger partial charge in [-0.3, -0.25) is 9.59 Å². The molecule has 0 aliphatic rings. The minimum atomic E-state index is -0.423. The van der Waals surface area contributed by atoms with Crippen LogP contribution in [-0.4, -0.2) is 45.0 Å². The van der Waals surface area contributed by atoms with Crippen LogP contribution in [0.1, 0.15) is 28.4 Å². The summed E-state index contributed by atoms with van der Waals surface area (Å²) >= 11 is 3.45. The number of amides is 2. The average molecular weight is 596 g/mol. The van der Waals surface area contributed by atoms with Crippen molar-refractivity contribution in [1.82, 2.24) is 5.43 Å². The molecule has 9 nitrogen and oxygen atoms in total. The van der Waals surface area contributed by atoms with Crippen molar-refractivity contribution in [3.63, 3.8) is 0 Å². The molecule has 10 heteroatoms. The number of methoxy groups -OCH3 is 1. The Hall–Kier alpha value is -4.31. The third kappa shape index (κ3) is 8.61. The number of halogens is 1. The molecule has 39 heavy (non-hydrogen) atoms. The number of hydrogen-bond donors (Lipinski definition) is 2. The third-order valence-electron chi connectivity index (χ3n) is 5.14. The Morgan fingerprint density at radius 2 is 1.85 bits per heavy atom. The highest BCUT2D eigenvalue weighted by Gasteiger charge is 2.14. The predicted octanol–water partition coefficient (Wildman–Crippen LogP) is 5.51. The molecule has 0 atom stereocenters. The van der Waals surface area contributed by atoms with Crippen LogP contribution in [0.25, 0.3) is 0 Å². The molecule has 0 heterocycles. The number of hydrazone groups is 1. The van der Waals surface area contributed by atoms with Crippen molar-refractivity contribution >= 4 is 39.6 Å². The maximum atomic E-state index is 12.6. The zero-order chi connectivity index (χ0) is 28.2. The lowest BCUT2D eigenvalue weighted by Crippen LogP contribution is -2.20. The van der Waals surface area contributed by atoms with E-state index < -0.39 is 5.91 Å². The maximum Gasteiger partial charge on any atom is 0.271 e. The molecule has 0 radical (unpaired) electrons. The van der Waals surface area contributed by atoms with Crippen LogP contribution in [0.2, 0.25) is 0 Å². The second-order valence-corrected chi connectivity index (χ2v) is 8.99. The second-order valence-electron chi connectivity index (χ2n) is 8.13. The fourth-order valence-corrected chi connectivity index (χ4v) is 4.00. The summed E-state index contributed by atoms with van der Waals surface area (Å²) in [5, 5.41) is 6.84. The van der Waals surface area contributed by atoms with E-state index in [0.717, 1.165) is 5.56 Å². The SMILES string of the molecule is C=CCOc1ccc(C(=O)N/N=C/c2cc(Br)c(OCC(=O)Nc3cccc(C)c3)c(OC)c2)cc1OCC. The number of rotatable bonds is 13. The van der Waals surface area contributed by atoms with Crippen molar-refractivity contribution in [2.45, 2.75) is 13.8 Å². The number of ether oxygens (including phenoxy) is 4. The number of aryl methyl sites for hydroxylation is 1. The van der Waals surface area contributed by atoms with Gasteiger partial charge in [-0.05, 0) is 83.4 Å². The Balaban J connectivity index is 1.64. The average Bonchev–Trinajstić information content (AvgIpc) is 2.91. The predicted molar refractivity (Wildman–Crippen MR) is 154 cm³/mol. The Morgan fingerprint density at radius 3 is 2.56 bits per heavy atom. The second kappa shape index (κ2) is 14.6. The summed E-state index contributed by atoms with van der Waals surface area (Å²) in [6.45, 7) is 7.94. The van der Waals surface area contributed by atoms with E-state index >= 15 is 0 Å².